The van der Waals surface area contributed by atoms with E-state index in [1.54, 1.807) is 12.0 Å². The van der Waals surface area contributed by atoms with Crippen LogP contribution >= 0.6 is 0 Å². The van der Waals surface area contributed by atoms with E-state index in [1.165, 1.54) is 5.69 Å². The standard InChI is InChI=1S/C22H28N2O3/c1-23(12-11-19-5-3-4-6-21(19)26-2)22(25)17-18-7-9-20(10-8-18)24-13-15-27-16-14-24/h3-10H,11-17H2,1-2H3. The van der Waals surface area contributed by atoms with Crippen molar-refractivity contribution in [3.63, 3.8) is 0 Å². The lowest BCUT2D eigenvalue weighted by molar-refractivity contribution is -0.129. The Kier molecular flexibility index (Phi) is 6.71. The summed E-state index contributed by atoms with van der Waals surface area (Å²) in [4.78, 5) is 16.7. The Balaban J connectivity index is 1.51. The molecule has 0 aliphatic carbocycles. The molecule has 3 rings (SSSR count). The molecular weight excluding hydrogens is 340 g/mol. The fourth-order valence-electron chi connectivity index (χ4n) is 3.28. The highest BCUT2D eigenvalue weighted by Gasteiger charge is 2.13. The summed E-state index contributed by atoms with van der Waals surface area (Å²) in [5.41, 5.74) is 3.36. The Morgan fingerprint density at radius 2 is 1.81 bits per heavy atom. The highest BCUT2D eigenvalue weighted by Crippen LogP contribution is 2.19. The van der Waals surface area contributed by atoms with Crippen LogP contribution in [0, 0.1) is 0 Å². The summed E-state index contributed by atoms with van der Waals surface area (Å²) < 4.78 is 10.8. The number of benzene rings is 2. The zero-order valence-corrected chi connectivity index (χ0v) is 16.2. The van der Waals surface area contributed by atoms with Crippen molar-refractivity contribution in [2.24, 2.45) is 0 Å². The van der Waals surface area contributed by atoms with Gasteiger partial charge in [-0.15, -0.1) is 0 Å². The molecule has 1 fully saturated rings. The molecule has 2 aromatic rings. The molecule has 0 radical (unpaired) electrons. The normalized spacial score (nSPS) is 14.1. The van der Waals surface area contributed by atoms with Crippen LogP contribution in [-0.2, 0) is 22.4 Å². The number of methoxy groups -OCH3 is 1. The Morgan fingerprint density at radius 3 is 2.52 bits per heavy atom. The first-order valence-corrected chi connectivity index (χ1v) is 9.45. The van der Waals surface area contributed by atoms with Gasteiger partial charge in [-0.1, -0.05) is 30.3 Å². The lowest BCUT2D eigenvalue weighted by Gasteiger charge is -2.29. The number of rotatable bonds is 7. The Hall–Kier alpha value is -2.53. The molecule has 1 saturated heterocycles. The second-order valence-electron chi connectivity index (χ2n) is 6.82. The van der Waals surface area contributed by atoms with Crippen LogP contribution in [-0.4, -0.2) is 57.8 Å². The van der Waals surface area contributed by atoms with Gasteiger partial charge < -0.3 is 19.3 Å². The quantitative estimate of drug-likeness (QED) is 0.754. The maximum absolute atomic E-state index is 12.5. The topological polar surface area (TPSA) is 42.0 Å². The number of carbonyl (C=O) groups is 1. The summed E-state index contributed by atoms with van der Waals surface area (Å²) >= 11 is 0. The van der Waals surface area contributed by atoms with E-state index in [1.807, 2.05) is 31.3 Å². The van der Waals surface area contributed by atoms with Gasteiger partial charge in [-0.3, -0.25) is 4.79 Å². The summed E-state index contributed by atoms with van der Waals surface area (Å²) in [6, 6.07) is 16.3. The monoisotopic (exact) mass is 368 g/mol. The average Bonchev–Trinajstić information content (AvgIpc) is 2.73. The molecule has 0 unspecified atom stereocenters. The van der Waals surface area contributed by atoms with Crippen LogP contribution in [0.1, 0.15) is 11.1 Å². The molecule has 1 amide bonds. The molecule has 0 aromatic heterocycles. The minimum absolute atomic E-state index is 0.129. The third kappa shape index (κ3) is 5.23. The van der Waals surface area contributed by atoms with Crippen molar-refractivity contribution < 1.29 is 14.3 Å². The molecule has 144 valence electrons. The number of ether oxygens (including phenoxy) is 2. The maximum Gasteiger partial charge on any atom is 0.226 e. The molecule has 1 heterocycles. The summed E-state index contributed by atoms with van der Waals surface area (Å²) in [5, 5.41) is 0. The molecule has 0 atom stereocenters. The molecule has 27 heavy (non-hydrogen) atoms. The maximum atomic E-state index is 12.5. The van der Waals surface area contributed by atoms with Crippen LogP contribution in [0.25, 0.3) is 0 Å². The van der Waals surface area contributed by atoms with E-state index in [4.69, 9.17) is 9.47 Å². The number of likely N-dealkylation sites (N-methyl/N-ethyl adjacent to an activating group) is 1. The fraction of sp³-hybridized carbons (Fsp3) is 0.409. The summed E-state index contributed by atoms with van der Waals surface area (Å²) in [6.45, 7) is 4.06. The van der Waals surface area contributed by atoms with Gasteiger partial charge in [-0.05, 0) is 35.7 Å². The molecule has 0 spiro atoms. The number of morpholine rings is 1. The van der Waals surface area contributed by atoms with Crippen molar-refractivity contribution in [1.29, 1.82) is 0 Å². The van der Waals surface area contributed by atoms with E-state index in [9.17, 15) is 4.79 Å². The van der Waals surface area contributed by atoms with Gasteiger partial charge in [0.05, 0.1) is 26.7 Å². The van der Waals surface area contributed by atoms with Crippen molar-refractivity contribution in [3.05, 3.63) is 59.7 Å². The Labute approximate surface area is 161 Å². The van der Waals surface area contributed by atoms with Crippen molar-refractivity contribution >= 4 is 11.6 Å². The molecule has 0 saturated carbocycles. The molecule has 5 heteroatoms. The lowest BCUT2D eigenvalue weighted by Crippen LogP contribution is -2.36. The zero-order chi connectivity index (χ0) is 19.1. The largest absolute Gasteiger partial charge is 0.496 e. The number of nitrogens with zero attached hydrogens (tertiary/aromatic N) is 2. The Bertz CT molecular complexity index is 739. The second-order valence-corrected chi connectivity index (χ2v) is 6.82. The first-order valence-electron chi connectivity index (χ1n) is 9.45. The van der Waals surface area contributed by atoms with Crippen molar-refractivity contribution in [2.75, 3.05) is 51.9 Å². The van der Waals surface area contributed by atoms with E-state index < -0.39 is 0 Å². The van der Waals surface area contributed by atoms with Crippen LogP contribution in [0.5, 0.6) is 5.75 Å². The Morgan fingerprint density at radius 1 is 1.11 bits per heavy atom. The van der Waals surface area contributed by atoms with Gasteiger partial charge >= 0.3 is 0 Å². The van der Waals surface area contributed by atoms with Crippen LogP contribution in [0.15, 0.2) is 48.5 Å². The van der Waals surface area contributed by atoms with E-state index in [2.05, 4.69) is 29.2 Å². The van der Waals surface area contributed by atoms with E-state index in [0.717, 1.165) is 49.6 Å². The minimum atomic E-state index is 0.129. The van der Waals surface area contributed by atoms with E-state index in [0.29, 0.717) is 13.0 Å². The van der Waals surface area contributed by atoms with E-state index in [-0.39, 0.29) is 5.91 Å². The SMILES string of the molecule is COc1ccccc1CCN(C)C(=O)Cc1ccc(N2CCOCC2)cc1. The van der Waals surface area contributed by atoms with Crippen molar-refractivity contribution in [3.8, 4) is 5.75 Å². The average molecular weight is 368 g/mol. The summed E-state index contributed by atoms with van der Waals surface area (Å²) in [7, 11) is 3.54. The highest BCUT2D eigenvalue weighted by molar-refractivity contribution is 5.78. The number of carbonyl (C=O) groups excluding carboxylic acids is 1. The minimum Gasteiger partial charge on any atom is -0.496 e. The van der Waals surface area contributed by atoms with Gasteiger partial charge in [0.1, 0.15) is 5.75 Å². The molecular formula is C22H28N2O3. The van der Waals surface area contributed by atoms with Gasteiger partial charge in [0.25, 0.3) is 0 Å². The molecule has 0 N–H and O–H groups in total. The number of anilines is 1. The van der Waals surface area contributed by atoms with Crippen LogP contribution in [0.2, 0.25) is 0 Å². The second kappa shape index (κ2) is 9.42. The van der Waals surface area contributed by atoms with Crippen LogP contribution < -0.4 is 9.64 Å². The third-order valence-corrected chi connectivity index (χ3v) is 5.00. The lowest BCUT2D eigenvalue weighted by atomic mass is 10.1. The number of amides is 1. The fourth-order valence-corrected chi connectivity index (χ4v) is 3.28. The summed E-state index contributed by atoms with van der Waals surface area (Å²) in [6.07, 6.45) is 1.20. The first-order chi connectivity index (χ1) is 13.2. The molecule has 1 aliphatic heterocycles. The van der Waals surface area contributed by atoms with Gasteiger partial charge in [-0.25, -0.2) is 0 Å². The number of para-hydroxylation sites is 1. The molecule has 5 nitrogen and oxygen atoms in total. The molecule has 0 bridgehead atoms. The van der Waals surface area contributed by atoms with Gasteiger partial charge in [0.2, 0.25) is 5.91 Å². The van der Waals surface area contributed by atoms with Crippen LogP contribution in [0.3, 0.4) is 0 Å². The molecule has 1 aliphatic rings. The molecule has 2 aromatic carbocycles. The van der Waals surface area contributed by atoms with Crippen molar-refractivity contribution in [1.82, 2.24) is 4.90 Å². The predicted molar refractivity (Wildman–Crippen MR) is 108 cm³/mol. The van der Waals surface area contributed by atoms with E-state index >= 15 is 0 Å². The van der Waals surface area contributed by atoms with Crippen LogP contribution in [0.4, 0.5) is 5.69 Å². The number of hydrogen-bond donors (Lipinski definition) is 0. The summed E-state index contributed by atoms with van der Waals surface area (Å²) in [5.74, 6) is 1.00. The predicted octanol–water partition coefficient (Wildman–Crippen LogP) is 2.78. The van der Waals surface area contributed by atoms with Gasteiger partial charge in [-0.2, -0.15) is 0 Å². The zero-order valence-electron chi connectivity index (χ0n) is 16.2. The first kappa shape index (κ1) is 19.2. The van der Waals surface area contributed by atoms with Gasteiger partial charge in [0, 0.05) is 32.4 Å². The smallest absolute Gasteiger partial charge is 0.226 e. The van der Waals surface area contributed by atoms with Crippen molar-refractivity contribution in [2.45, 2.75) is 12.8 Å². The number of hydrogen-bond acceptors (Lipinski definition) is 4. The third-order valence-electron chi connectivity index (χ3n) is 5.00. The van der Waals surface area contributed by atoms with Gasteiger partial charge in [0.15, 0.2) is 0 Å². The highest BCUT2D eigenvalue weighted by atomic mass is 16.5.